The first-order valence-corrected chi connectivity index (χ1v) is 6.46. The van der Waals surface area contributed by atoms with E-state index in [0.717, 1.165) is 0 Å². The molecule has 0 N–H and O–H groups in total. The van der Waals surface area contributed by atoms with Gasteiger partial charge in [0, 0.05) is 0 Å². The summed E-state index contributed by atoms with van der Waals surface area (Å²) in [5, 5.41) is 0. The van der Waals surface area contributed by atoms with Crippen LogP contribution >= 0.6 is 9.24 Å². The molecule has 1 aliphatic heterocycles. The average Bonchev–Trinajstić information content (AvgIpc) is 2.80. The van der Waals surface area contributed by atoms with Crippen LogP contribution in [-0.4, -0.2) is 24.2 Å². The van der Waals surface area contributed by atoms with Crippen molar-refractivity contribution in [1.82, 2.24) is 0 Å². The lowest BCUT2D eigenvalue weighted by molar-refractivity contribution is -0.000666. The van der Waals surface area contributed by atoms with E-state index >= 15 is 0 Å². The molecule has 0 bridgehead atoms. The Hall–Kier alpha value is 0.350. The van der Waals surface area contributed by atoms with Crippen LogP contribution in [0.4, 0.5) is 0 Å². The van der Waals surface area contributed by atoms with Crippen molar-refractivity contribution in [3.63, 3.8) is 0 Å². The van der Waals surface area contributed by atoms with Gasteiger partial charge in [0.1, 0.15) is 6.10 Å². The molecule has 90 valence electrons. The van der Waals surface area contributed by atoms with Crippen molar-refractivity contribution in [3.05, 3.63) is 0 Å². The Morgan fingerprint density at radius 3 is 2.13 bits per heavy atom. The first kappa shape index (κ1) is 13.4. The van der Waals surface area contributed by atoms with Crippen molar-refractivity contribution in [2.75, 3.05) is 0 Å². The summed E-state index contributed by atoms with van der Waals surface area (Å²) in [5.74, 6) is 0.537. The van der Waals surface area contributed by atoms with Gasteiger partial charge in [0.05, 0.1) is 6.10 Å². The van der Waals surface area contributed by atoms with Crippen molar-refractivity contribution < 1.29 is 9.47 Å². The summed E-state index contributed by atoms with van der Waals surface area (Å²) in [7, 11) is 2.77. The summed E-state index contributed by atoms with van der Waals surface area (Å²) in [6, 6.07) is 0. The van der Waals surface area contributed by atoms with Gasteiger partial charge in [-0.1, -0.05) is 34.6 Å². The summed E-state index contributed by atoms with van der Waals surface area (Å²) in [6.45, 7) is 13.2. The Labute approximate surface area is 96.3 Å². The second-order valence-electron chi connectivity index (χ2n) is 5.82. The van der Waals surface area contributed by atoms with E-state index in [1.165, 1.54) is 0 Å². The molecule has 1 fully saturated rings. The van der Waals surface area contributed by atoms with Crippen molar-refractivity contribution in [2.45, 2.75) is 65.7 Å². The van der Waals surface area contributed by atoms with Crippen LogP contribution in [0.15, 0.2) is 0 Å². The zero-order chi connectivity index (χ0) is 11.8. The molecule has 0 aromatic heterocycles. The summed E-state index contributed by atoms with van der Waals surface area (Å²) in [6.07, 6.45) is 0.561. The topological polar surface area (TPSA) is 21.8 Å². The van der Waals surface area contributed by atoms with Crippen molar-refractivity contribution >= 4 is 9.24 Å². The van der Waals surface area contributed by atoms with Crippen molar-refractivity contribution in [1.29, 1.82) is 0 Å². The summed E-state index contributed by atoms with van der Waals surface area (Å²) < 4.78 is 11.4. The van der Waals surface area contributed by atoms with Crippen LogP contribution in [0, 0.1) is 11.3 Å². The molecule has 15 heavy (non-hydrogen) atoms. The van der Waals surface area contributed by atoms with Gasteiger partial charge in [0.25, 0.3) is 0 Å². The number of epoxide rings is 1. The van der Waals surface area contributed by atoms with Crippen LogP contribution in [0.1, 0.15) is 41.5 Å². The molecule has 0 radical (unpaired) electrons. The smallest absolute Gasteiger partial charge is 0.185 e. The minimum absolute atomic E-state index is 0.0252. The third kappa shape index (κ3) is 3.69. The zero-order valence-corrected chi connectivity index (χ0v) is 11.9. The fourth-order valence-corrected chi connectivity index (χ4v) is 1.49. The van der Waals surface area contributed by atoms with E-state index in [-0.39, 0.29) is 18.5 Å². The van der Waals surface area contributed by atoms with Crippen LogP contribution in [0.2, 0.25) is 0 Å². The molecule has 0 saturated carbocycles. The third-order valence-corrected chi connectivity index (χ3v) is 3.97. The average molecular weight is 232 g/mol. The van der Waals surface area contributed by atoms with E-state index in [1.54, 1.807) is 0 Å². The van der Waals surface area contributed by atoms with Crippen LogP contribution < -0.4 is 0 Å². The van der Waals surface area contributed by atoms with Crippen LogP contribution in [0.25, 0.3) is 0 Å². The Morgan fingerprint density at radius 1 is 1.20 bits per heavy atom. The number of ether oxygens (including phenoxy) is 2. The third-order valence-electron chi connectivity index (χ3n) is 3.43. The molecule has 1 saturated heterocycles. The quantitative estimate of drug-likeness (QED) is 0.549. The van der Waals surface area contributed by atoms with E-state index in [2.05, 4.69) is 50.8 Å². The maximum absolute atomic E-state index is 5.81. The van der Waals surface area contributed by atoms with Gasteiger partial charge in [0.15, 0.2) is 6.29 Å². The van der Waals surface area contributed by atoms with Gasteiger partial charge in [-0.2, -0.15) is 0 Å². The number of hydrogen-bond donors (Lipinski definition) is 0. The standard InChI is InChI=1S/C12H25O2P/c1-7(12(4,5)6)10-11(14-10)13-8(2)9(3)15/h7-11H,15H2,1-6H3. The largest absolute Gasteiger partial charge is 0.346 e. The Balaban J connectivity index is 2.35. The van der Waals surface area contributed by atoms with E-state index < -0.39 is 0 Å². The molecule has 1 rings (SSSR count). The first-order valence-electron chi connectivity index (χ1n) is 5.80. The van der Waals surface area contributed by atoms with E-state index in [1.807, 2.05) is 0 Å². The number of rotatable bonds is 4. The second-order valence-corrected chi connectivity index (χ2v) is 6.88. The maximum Gasteiger partial charge on any atom is 0.185 e. The molecular weight excluding hydrogens is 207 g/mol. The number of hydrogen-bond acceptors (Lipinski definition) is 2. The molecule has 0 spiro atoms. The second kappa shape index (κ2) is 4.69. The molecule has 0 aliphatic carbocycles. The highest BCUT2D eigenvalue weighted by molar-refractivity contribution is 7.17. The molecular formula is C12H25O2P. The summed E-state index contributed by atoms with van der Waals surface area (Å²) >= 11 is 0. The molecule has 1 heterocycles. The summed E-state index contributed by atoms with van der Waals surface area (Å²) in [5.41, 5.74) is 0.762. The molecule has 0 amide bonds. The highest BCUT2D eigenvalue weighted by Gasteiger charge is 2.48. The highest BCUT2D eigenvalue weighted by atomic mass is 31.0. The molecule has 6 unspecified atom stereocenters. The lowest BCUT2D eigenvalue weighted by Crippen LogP contribution is -2.26. The molecule has 0 aromatic carbocycles. The maximum atomic E-state index is 5.81. The molecule has 3 heteroatoms. The van der Waals surface area contributed by atoms with Gasteiger partial charge in [-0.05, 0) is 23.9 Å². The van der Waals surface area contributed by atoms with Crippen molar-refractivity contribution in [3.8, 4) is 0 Å². The van der Waals surface area contributed by atoms with Gasteiger partial charge >= 0.3 is 0 Å². The van der Waals surface area contributed by atoms with Crippen molar-refractivity contribution in [2.24, 2.45) is 11.3 Å². The van der Waals surface area contributed by atoms with Gasteiger partial charge < -0.3 is 9.47 Å². The Kier molecular flexibility index (Phi) is 4.20. The fraction of sp³-hybridized carbons (Fsp3) is 1.00. The molecule has 0 aromatic rings. The first-order chi connectivity index (χ1) is 6.73. The Bertz CT molecular complexity index is 210. The molecule has 2 nitrogen and oxygen atoms in total. The van der Waals surface area contributed by atoms with Gasteiger partial charge in [-0.25, -0.2) is 0 Å². The minimum atomic E-state index is 0.0252. The summed E-state index contributed by atoms with van der Waals surface area (Å²) in [4.78, 5) is 0. The lowest BCUT2D eigenvalue weighted by atomic mass is 9.80. The predicted octanol–water partition coefficient (Wildman–Crippen LogP) is 3.06. The fourth-order valence-electron chi connectivity index (χ4n) is 1.40. The SMILES string of the molecule is CC(P)C(C)OC1OC1C(C)C(C)(C)C. The predicted molar refractivity (Wildman–Crippen MR) is 67.0 cm³/mol. The van der Waals surface area contributed by atoms with Crippen LogP contribution in [0.5, 0.6) is 0 Å². The van der Waals surface area contributed by atoms with Gasteiger partial charge in [-0.15, -0.1) is 9.24 Å². The van der Waals surface area contributed by atoms with E-state index in [0.29, 0.717) is 17.0 Å². The Morgan fingerprint density at radius 2 is 1.73 bits per heavy atom. The minimum Gasteiger partial charge on any atom is -0.346 e. The molecule has 6 atom stereocenters. The monoisotopic (exact) mass is 232 g/mol. The highest BCUT2D eigenvalue weighted by Crippen LogP contribution is 2.40. The van der Waals surface area contributed by atoms with Gasteiger partial charge in [-0.3, -0.25) is 0 Å². The van der Waals surface area contributed by atoms with Crippen LogP contribution in [0.3, 0.4) is 0 Å². The molecule has 1 aliphatic rings. The van der Waals surface area contributed by atoms with Gasteiger partial charge in [0.2, 0.25) is 0 Å². The van der Waals surface area contributed by atoms with E-state index in [9.17, 15) is 0 Å². The van der Waals surface area contributed by atoms with Crippen LogP contribution in [-0.2, 0) is 9.47 Å². The lowest BCUT2D eigenvalue weighted by Gasteiger charge is -2.25. The normalized spacial score (nSPS) is 32.2. The van der Waals surface area contributed by atoms with E-state index in [4.69, 9.17) is 9.47 Å². The zero-order valence-electron chi connectivity index (χ0n) is 10.8.